The molecule has 0 saturated carbocycles. The molecule has 4 aliphatic rings. The van der Waals surface area contributed by atoms with Crippen LogP contribution in [0.5, 0.6) is 0 Å². The molecule has 4 rings (SSSR count). The van der Waals surface area contributed by atoms with Crippen molar-refractivity contribution < 1.29 is 13.2 Å². The van der Waals surface area contributed by atoms with E-state index in [1.54, 1.807) is 0 Å². The maximum absolute atomic E-state index is 13.4. The van der Waals surface area contributed by atoms with Gasteiger partial charge in [0.25, 0.3) is 0 Å². The molecule has 0 aromatic heterocycles. The van der Waals surface area contributed by atoms with Gasteiger partial charge in [0.2, 0.25) is 0 Å². The quantitative estimate of drug-likeness (QED) is 0.377. The van der Waals surface area contributed by atoms with Crippen LogP contribution >= 0.6 is 15.9 Å². The van der Waals surface area contributed by atoms with Gasteiger partial charge in [0.15, 0.2) is 0 Å². The Bertz CT molecular complexity index is 771. The van der Waals surface area contributed by atoms with E-state index in [2.05, 4.69) is 47.2 Å². The minimum atomic E-state index is -4.26. The number of alkyl halides is 4. The molecular weight excluding hydrogens is 415 g/mol. The highest BCUT2D eigenvalue weighted by Crippen LogP contribution is 2.48. The van der Waals surface area contributed by atoms with Gasteiger partial charge in [-0.1, -0.05) is 60.2 Å². The third kappa shape index (κ3) is 3.59. The van der Waals surface area contributed by atoms with E-state index in [1.807, 2.05) is 18.4 Å². The predicted octanol–water partition coefficient (Wildman–Crippen LogP) is 6.22. The molecule has 0 spiro atoms. The fourth-order valence-corrected chi connectivity index (χ4v) is 5.98. The van der Waals surface area contributed by atoms with Crippen molar-refractivity contribution in [3.05, 3.63) is 58.9 Å². The third-order valence-corrected chi connectivity index (χ3v) is 7.11. The summed E-state index contributed by atoms with van der Waals surface area (Å²) in [6.45, 7) is 4.52. The second-order valence-electron chi connectivity index (χ2n) is 8.47. The maximum atomic E-state index is 13.4. The number of hydrogen-bond acceptors (Lipinski definition) is 1. The van der Waals surface area contributed by atoms with Crippen molar-refractivity contribution in [1.29, 1.82) is 0 Å². The fourth-order valence-electron chi connectivity index (χ4n) is 5.18. The lowest BCUT2D eigenvalue weighted by Gasteiger charge is -2.42. The highest BCUT2D eigenvalue weighted by Gasteiger charge is 2.44. The van der Waals surface area contributed by atoms with Crippen molar-refractivity contribution in [1.82, 2.24) is 5.32 Å². The van der Waals surface area contributed by atoms with E-state index in [0.717, 1.165) is 12.0 Å². The van der Waals surface area contributed by atoms with Crippen LogP contribution in [-0.4, -0.2) is 17.0 Å². The SMILES string of the molecule is CC1C=C(C2NC=CC3C2=CC=C2C(Br)CC(C(F)(F)F)=CC23)CC(C)C1. The van der Waals surface area contributed by atoms with E-state index >= 15 is 0 Å². The van der Waals surface area contributed by atoms with Gasteiger partial charge in [-0.2, -0.15) is 13.2 Å². The molecule has 6 unspecified atom stereocenters. The molecule has 1 aliphatic heterocycles. The van der Waals surface area contributed by atoms with Crippen molar-refractivity contribution in [2.75, 3.05) is 0 Å². The van der Waals surface area contributed by atoms with Crippen LogP contribution in [0.15, 0.2) is 58.9 Å². The summed E-state index contributed by atoms with van der Waals surface area (Å²) >= 11 is 3.50. The normalized spacial score (nSPS) is 38.6. The van der Waals surface area contributed by atoms with Crippen LogP contribution in [0.1, 0.15) is 33.1 Å². The molecule has 0 bridgehead atoms. The highest BCUT2D eigenvalue weighted by atomic mass is 79.9. The van der Waals surface area contributed by atoms with Crippen LogP contribution in [0, 0.1) is 23.7 Å². The van der Waals surface area contributed by atoms with Gasteiger partial charge in [0, 0.05) is 22.2 Å². The smallest absolute Gasteiger partial charge is 0.381 e. The van der Waals surface area contributed by atoms with Gasteiger partial charge in [-0.3, -0.25) is 0 Å². The van der Waals surface area contributed by atoms with Crippen molar-refractivity contribution in [2.45, 2.75) is 50.2 Å². The lowest BCUT2D eigenvalue weighted by molar-refractivity contribution is -0.0948. The number of allylic oxidation sites excluding steroid dienone is 7. The van der Waals surface area contributed by atoms with Gasteiger partial charge < -0.3 is 5.32 Å². The standard InChI is InChI=1S/C22H25BrF3N/c1-12-7-13(2)9-14(8-12)21-18-4-3-17-19(16(18)5-6-27-21)10-15(11-20(17)23)22(24,25)26/h3-6,8,10,12-13,16,19-21,27H,7,9,11H2,1-2H3. The van der Waals surface area contributed by atoms with Crippen molar-refractivity contribution in [2.24, 2.45) is 23.7 Å². The second-order valence-corrected chi connectivity index (χ2v) is 9.57. The first-order valence-corrected chi connectivity index (χ1v) is 10.6. The monoisotopic (exact) mass is 439 g/mol. The van der Waals surface area contributed by atoms with E-state index in [9.17, 15) is 13.2 Å². The summed E-state index contributed by atoms with van der Waals surface area (Å²) in [7, 11) is 0. The average Bonchev–Trinajstić information content (AvgIpc) is 2.59. The molecule has 0 aromatic rings. The molecule has 146 valence electrons. The molecule has 0 saturated heterocycles. The number of rotatable bonds is 1. The van der Waals surface area contributed by atoms with Crippen LogP contribution in [0.4, 0.5) is 13.2 Å². The van der Waals surface area contributed by atoms with Gasteiger partial charge in [0.05, 0.1) is 6.04 Å². The minimum absolute atomic E-state index is 0.00724. The summed E-state index contributed by atoms with van der Waals surface area (Å²) in [6, 6.07) is 0.0986. The topological polar surface area (TPSA) is 12.0 Å². The van der Waals surface area contributed by atoms with Crippen molar-refractivity contribution in [3.63, 3.8) is 0 Å². The molecule has 6 atom stereocenters. The third-order valence-electron chi connectivity index (χ3n) is 6.26. The first-order valence-electron chi connectivity index (χ1n) is 9.71. The van der Waals surface area contributed by atoms with E-state index in [0.29, 0.717) is 11.8 Å². The Morgan fingerprint density at radius 3 is 2.48 bits per heavy atom. The van der Waals surface area contributed by atoms with Crippen molar-refractivity contribution >= 4 is 15.9 Å². The molecule has 1 heterocycles. The van der Waals surface area contributed by atoms with Gasteiger partial charge >= 0.3 is 6.18 Å². The molecule has 0 amide bonds. The Morgan fingerprint density at radius 2 is 1.78 bits per heavy atom. The molecule has 0 fully saturated rings. The summed E-state index contributed by atoms with van der Waals surface area (Å²) in [6.07, 6.45) is 9.99. The maximum Gasteiger partial charge on any atom is 0.412 e. The highest BCUT2D eigenvalue weighted by molar-refractivity contribution is 9.09. The number of halogens is 4. The average molecular weight is 440 g/mol. The zero-order valence-corrected chi connectivity index (χ0v) is 17.1. The van der Waals surface area contributed by atoms with Gasteiger partial charge in [-0.05, 0) is 54.0 Å². The summed E-state index contributed by atoms with van der Waals surface area (Å²) in [5.41, 5.74) is 3.22. The zero-order valence-electron chi connectivity index (χ0n) is 15.6. The zero-order chi connectivity index (χ0) is 19.3. The largest absolute Gasteiger partial charge is 0.412 e. The van der Waals surface area contributed by atoms with Crippen LogP contribution in [-0.2, 0) is 0 Å². The number of hydrogen-bond donors (Lipinski definition) is 1. The van der Waals surface area contributed by atoms with E-state index < -0.39 is 11.7 Å². The predicted molar refractivity (Wildman–Crippen MR) is 106 cm³/mol. The van der Waals surface area contributed by atoms with Crippen LogP contribution in [0.2, 0.25) is 0 Å². The van der Waals surface area contributed by atoms with E-state index in [1.165, 1.54) is 23.6 Å². The lowest BCUT2D eigenvalue weighted by Crippen LogP contribution is -2.41. The van der Waals surface area contributed by atoms with E-state index in [-0.39, 0.29) is 29.1 Å². The molecule has 0 aromatic carbocycles. The molecule has 27 heavy (non-hydrogen) atoms. The minimum Gasteiger partial charge on any atom is -0.381 e. The van der Waals surface area contributed by atoms with Crippen LogP contribution in [0.3, 0.4) is 0 Å². The number of fused-ring (bicyclic) bond motifs is 3. The Hall–Kier alpha value is -1.23. The first-order chi connectivity index (χ1) is 12.7. The Morgan fingerprint density at radius 1 is 1.04 bits per heavy atom. The van der Waals surface area contributed by atoms with Crippen LogP contribution < -0.4 is 5.32 Å². The first kappa shape index (κ1) is 19.1. The van der Waals surface area contributed by atoms with Gasteiger partial charge in [0.1, 0.15) is 0 Å². The lowest BCUT2D eigenvalue weighted by atomic mass is 9.67. The van der Waals surface area contributed by atoms with Crippen molar-refractivity contribution in [3.8, 4) is 0 Å². The van der Waals surface area contributed by atoms with Gasteiger partial charge in [-0.25, -0.2) is 0 Å². The fraction of sp³-hybridized carbons (Fsp3) is 0.545. The van der Waals surface area contributed by atoms with Gasteiger partial charge in [-0.15, -0.1) is 0 Å². The summed E-state index contributed by atoms with van der Waals surface area (Å²) in [5.74, 6) is 0.949. The molecule has 1 nitrogen and oxygen atoms in total. The molecule has 3 aliphatic carbocycles. The Labute approximate surface area is 167 Å². The van der Waals surface area contributed by atoms with Crippen LogP contribution in [0.25, 0.3) is 0 Å². The Balaban J connectivity index is 1.71. The summed E-state index contributed by atoms with van der Waals surface area (Å²) < 4.78 is 40.2. The van der Waals surface area contributed by atoms with E-state index in [4.69, 9.17) is 0 Å². The molecule has 1 N–H and O–H groups in total. The Kier molecular flexibility index (Phi) is 4.94. The molecular formula is C22H25BrF3N. The number of nitrogens with one attached hydrogen (secondary N) is 1. The molecule has 0 radical (unpaired) electrons. The second kappa shape index (κ2) is 6.98. The molecule has 5 heteroatoms. The summed E-state index contributed by atoms with van der Waals surface area (Å²) in [4.78, 5) is -0.252. The summed E-state index contributed by atoms with van der Waals surface area (Å²) in [5, 5.41) is 3.48.